The van der Waals surface area contributed by atoms with Crippen LogP contribution in [0.1, 0.15) is 47.3 Å². The summed E-state index contributed by atoms with van der Waals surface area (Å²) >= 11 is 0. The van der Waals surface area contributed by atoms with E-state index < -0.39 is 27.2 Å². The number of non-ortho nitro benzene ring substituents is 1. The summed E-state index contributed by atoms with van der Waals surface area (Å²) < 4.78 is 6.76. The van der Waals surface area contributed by atoms with Crippen LogP contribution in [0.4, 0.5) is 17.1 Å². The summed E-state index contributed by atoms with van der Waals surface area (Å²) in [6, 6.07) is 1.89. The standard InChI is InChI=1S/C18H21N5O6/c1-10(2)17-19-13-9-21(6-5-14(13)20(17)3)16-12(18(24)29-4)7-11(22(25)26)8-15(16)23(27)28/h7-8,10H,5-6,9H2,1-4H3. The van der Waals surface area contributed by atoms with Crippen molar-refractivity contribution in [2.45, 2.75) is 32.7 Å². The van der Waals surface area contributed by atoms with Gasteiger partial charge in [0.1, 0.15) is 11.5 Å². The van der Waals surface area contributed by atoms with Crippen molar-refractivity contribution >= 4 is 23.0 Å². The molecule has 11 heteroatoms. The molecule has 0 saturated carbocycles. The van der Waals surface area contributed by atoms with Gasteiger partial charge in [-0.2, -0.15) is 0 Å². The van der Waals surface area contributed by atoms with Gasteiger partial charge in [0.25, 0.3) is 11.4 Å². The lowest BCUT2D eigenvalue weighted by molar-refractivity contribution is -0.393. The molecule has 0 unspecified atom stereocenters. The maximum Gasteiger partial charge on any atom is 0.340 e. The van der Waals surface area contributed by atoms with Gasteiger partial charge in [0.05, 0.1) is 40.8 Å². The van der Waals surface area contributed by atoms with Gasteiger partial charge in [-0.15, -0.1) is 0 Å². The largest absolute Gasteiger partial charge is 0.465 e. The van der Waals surface area contributed by atoms with Crippen LogP contribution >= 0.6 is 0 Å². The SMILES string of the molecule is COC(=O)c1cc([N+](=O)[O-])cc([N+](=O)[O-])c1N1CCc2c(nc(C(C)C)n2C)C1. The van der Waals surface area contributed by atoms with Crippen molar-refractivity contribution in [3.05, 3.63) is 55.1 Å². The van der Waals surface area contributed by atoms with Crippen LogP contribution < -0.4 is 4.90 Å². The van der Waals surface area contributed by atoms with E-state index in [0.717, 1.165) is 36.5 Å². The van der Waals surface area contributed by atoms with Gasteiger partial charge in [0.15, 0.2) is 0 Å². The molecular formula is C18H21N5O6. The Morgan fingerprint density at radius 2 is 1.93 bits per heavy atom. The minimum atomic E-state index is -0.874. The second-order valence-electron chi connectivity index (χ2n) is 7.12. The maximum absolute atomic E-state index is 12.3. The Kier molecular flexibility index (Phi) is 5.23. The molecule has 0 aliphatic carbocycles. The Balaban J connectivity index is 2.15. The van der Waals surface area contributed by atoms with Gasteiger partial charge in [-0.3, -0.25) is 20.2 Å². The van der Waals surface area contributed by atoms with Crippen molar-refractivity contribution in [1.29, 1.82) is 0 Å². The van der Waals surface area contributed by atoms with E-state index in [1.165, 1.54) is 0 Å². The van der Waals surface area contributed by atoms with E-state index in [9.17, 15) is 25.0 Å². The van der Waals surface area contributed by atoms with E-state index in [1.807, 2.05) is 25.5 Å². The van der Waals surface area contributed by atoms with E-state index >= 15 is 0 Å². The molecule has 0 spiro atoms. The molecule has 154 valence electrons. The first kappa shape index (κ1) is 20.2. The number of hydrogen-bond acceptors (Lipinski definition) is 8. The highest BCUT2D eigenvalue weighted by Crippen LogP contribution is 2.39. The molecule has 0 radical (unpaired) electrons. The summed E-state index contributed by atoms with van der Waals surface area (Å²) in [6.07, 6.45) is 0.570. The van der Waals surface area contributed by atoms with Crippen LogP contribution in [0, 0.1) is 20.2 Å². The highest BCUT2D eigenvalue weighted by Gasteiger charge is 2.34. The van der Waals surface area contributed by atoms with Crippen molar-refractivity contribution in [1.82, 2.24) is 9.55 Å². The van der Waals surface area contributed by atoms with Gasteiger partial charge in [-0.05, 0) is 0 Å². The molecule has 1 aliphatic rings. The van der Waals surface area contributed by atoms with E-state index in [0.29, 0.717) is 13.0 Å². The molecular weight excluding hydrogens is 382 g/mol. The van der Waals surface area contributed by atoms with Crippen LogP contribution in [0.3, 0.4) is 0 Å². The van der Waals surface area contributed by atoms with Crippen molar-refractivity contribution < 1.29 is 19.4 Å². The summed E-state index contributed by atoms with van der Waals surface area (Å²) in [4.78, 5) is 40.0. The number of fused-ring (bicyclic) bond motifs is 1. The molecule has 0 bridgehead atoms. The van der Waals surface area contributed by atoms with Crippen LogP contribution in [-0.2, 0) is 24.8 Å². The number of aromatic nitrogens is 2. The first-order valence-electron chi connectivity index (χ1n) is 9.00. The highest BCUT2D eigenvalue weighted by atomic mass is 16.6. The first-order chi connectivity index (χ1) is 13.6. The molecule has 0 amide bonds. The normalized spacial score (nSPS) is 13.3. The van der Waals surface area contributed by atoms with Gasteiger partial charge in [-0.1, -0.05) is 13.8 Å². The fraction of sp³-hybridized carbons (Fsp3) is 0.444. The molecule has 29 heavy (non-hydrogen) atoms. The number of imidazole rings is 1. The fourth-order valence-electron chi connectivity index (χ4n) is 3.70. The van der Waals surface area contributed by atoms with Crippen molar-refractivity contribution in [3.63, 3.8) is 0 Å². The molecule has 1 aliphatic heterocycles. The van der Waals surface area contributed by atoms with Gasteiger partial charge in [-0.25, -0.2) is 9.78 Å². The number of nitro benzene ring substituents is 2. The number of nitro groups is 2. The van der Waals surface area contributed by atoms with Crippen molar-refractivity contribution in [3.8, 4) is 0 Å². The Morgan fingerprint density at radius 3 is 2.48 bits per heavy atom. The third-order valence-electron chi connectivity index (χ3n) is 5.01. The number of benzene rings is 1. The quantitative estimate of drug-likeness (QED) is 0.422. The lowest BCUT2D eigenvalue weighted by atomic mass is 10.0. The Bertz CT molecular complexity index is 1010. The van der Waals surface area contributed by atoms with E-state index in [4.69, 9.17) is 4.74 Å². The molecule has 0 N–H and O–H groups in total. The number of carbonyl (C=O) groups excluding carboxylic acids is 1. The predicted octanol–water partition coefficient (Wildman–Crippen LogP) is 2.71. The monoisotopic (exact) mass is 403 g/mol. The second-order valence-corrected chi connectivity index (χ2v) is 7.12. The number of esters is 1. The van der Waals surface area contributed by atoms with Crippen molar-refractivity contribution in [2.24, 2.45) is 7.05 Å². The fourth-order valence-corrected chi connectivity index (χ4v) is 3.70. The highest BCUT2D eigenvalue weighted by molar-refractivity contribution is 5.99. The van der Waals surface area contributed by atoms with Crippen LogP contribution in [0.5, 0.6) is 0 Å². The average Bonchev–Trinajstić information content (AvgIpc) is 3.02. The average molecular weight is 403 g/mol. The number of rotatable bonds is 5. The molecule has 0 fully saturated rings. The maximum atomic E-state index is 12.3. The topological polar surface area (TPSA) is 134 Å². The zero-order valence-corrected chi connectivity index (χ0v) is 16.5. The number of carbonyl (C=O) groups is 1. The van der Waals surface area contributed by atoms with Gasteiger partial charge in [0, 0.05) is 37.7 Å². The minimum Gasteiger partial charge on any atom is -0.465 e. The number of methoxy groups -OCH3 is 1. The van der Waals surface area contributed by atoms with E-state index in [2.05, 4.69) is 4.98 Å². The third-order valence-corrected chi connectivity index (χ3v) is 5.01. The minimum absolute atomic E-state index is 0.00912. The summed E-state index contributed by atoms with van der Waals surface area (Å²) in [6.45, 7) is 4.70. The molecule has 1 aromatic heterocycles. The van der Waals surface area contributed by atoms with E-state index in [1.54, 1.807) is 4.90 Å². The van der Waals surface area contributed by atoms with Crippen LogP contribution in [0.25, 0.3) is 0 Å². The van der Waals surface area contributed by atoms with Crippen molar-refractivity contribution in [2.75, 3.05) is 18.6 Å². The smallest absolute Gasteiger partial charge is 0.340 e. The predicted molar refractivity (Wildman–Crippen MR) is 103 cm³/mol. The molecule has 1 aromatic carbocycles. The van der Waals surface area contributed by atoms with Gasteiger partial charge in [0.2, 0.25) is 0 Å². The molecule has 2 heterocycles. The summed E-state index contributed by atoms with van der Waals surface area (Å²) in [5.41, 5.74) is 0.549. The number of anilines is 1. The molecule has 0 atom stereocenters. The Morgan fingerprint density at radius 1 is 1.24 bits per heavy atom. The molecule has 0 saturated heterocycles. The Hall–Kier alpha value is -3.50. The van der Waals surface area contributed by atoms with Crippen LogP contribution in [0.2, 0.25) is 0 Å². The van der Waals surface area contributed by atoms with Gasteiger partial charge >= 0.3 is 5.97 Å². The molecule has 11 nitrogen and oxygen atoms in total. The lowest BCUT2D eigenvalue weighted by Gasteiger charge is -2.29. The Labute approximate surface area is 166 Å². The molecule has 2 aromatic rings. The van der Waals surface area contributed by atoms with Gasteiger partial charge < -0.3 is 14.2 Å². The van der Waals surface area contributed by atoms with Crippen LogP contribution in [-0.4, -0.2) is 39.0 Å². The summed E-state index contributed by atoms with van der Waals surface area (Å²) in [5, 5.41) is 22.9. The first-order valence-corrected chi connectivity index (χ1v) is 9.00. The summed E-state index contributed by atoms with van der Waals surface area (Å²) in [5.74, 6) is 0.239. The zero-order valence-electron chi connectivity index (χ0n) is 16.5. The lowest BCUT2D eigenvalue weighted by Crippen LogP contribution is -2.33. The number of nitrogens with zero attached hydrogens (tertiary/aromatic N) is 5. The zero-order chi connectivity index (χ0) is 21.5. The summed E-state index contributed by atoms with van der Waals surface area (Å²) in [7, 11) is 3.06. The molecule has 3 rings (SSSR count). The number of hydrogen-bond donors (Lipinski definition) is 0. The van der Waals surface area contributed by atoms with E-state index in [-0.39, 0.29) is 23.7 Å². The third kappa shape index (κ3) is 3.50. The van der Waals surface area contributed by atoms with Crippen LogP contribution in [0.15, 0.2) is 12.1 Å². The second kappa shape index (κ2) is 7.49. The number of ether oxygens (including phenoxy) is 1.